The second kappa shape index (κ2) is 9.85. The van der Waals surface area contributed by atoms with Crippen LogP contribution in [-0.2, 0) is 0 Å². The highest BCUT2D eigenvalue weighted by Gasteiger charge is 2.06. The monoisotopic (exact) mass is 343 g/mol. The number of aromatic nitrogens is 1. The van der Waals surface area contributed by atoms with Gasteiger partial charge in [-0.3, -0.25) is 4.98 Å². The maximum absolute atomic E-state index is 8.70. The summed E-state index contributed by atoms with van der Waals surface area (Å²) in [6.07, 6.45) is 3.94. The molecule has 1 heterocycles. The predicted octanol–water partition coefficient (Wildman–Crippen LogP) is 3.47. The van der Waals surface area contributed by atoms with Crippen LogP contribution in [0, 0.1) is 0 Å². The third-order valence-corrected chi connectivity index (χ3v) is 3.62. The van der Waals surface area contributed by atoms with Crippen LogP contribution >= 0.6 is 24.0 Å². The van der Waals surface area contributed by atoms with E-state index in [0.717, 1.165) is 36.0 Å². The summed E-state index contributed by atoms with van der Waals surface area (Å²) in [5, 5.41) is 17.2. The van der Waals surface area contributed by atoms with Gasteiger partial charge in [-0.05, 0) is 50.6 Å². The van der Waals surface area contributed by atoms with E-state index in [4.69, 9.17) is 16.7 Å². The molecule has 0 fully saturated rings. The number of anilines is 1. The summed E-state index contributed by atoms with van der Waals surface area (Å²) < 4.78 is 0. The van der Waals surface area contributed by atoms with E-state index in [9.17, 15) is 0 Å². The fourth-order valence-corrected chi connectivity index (χ4v) is 2.49. The molecule has 3 N–H and O–H groups in total. The van der Waals surface area contributed by atoms with Crippen LogP contribution in [0.3, 0.4) is 0 Å². The Morgan fingerprint density at radius 1 is 1.27 bits per heavy atom. The molecular weight excluding hydrogens is 321 g/mol. The number of rotatable bonds is 8. The van der Waals surface area contributed by atoms with Gasteiger partial charge < -0.3 is 15.7 Å². The van der Waals surface area contributed by atoms with Gasteiger partial charge in [-0.15, -0.1) is 12.4 Å². The Labute approximate surface area is 142 Å². The molecule has 0 aliphatic carbocycles. The normalized spacial score (nSPS) is 12.0. The van der Waals surface area contributed by atoms with Crippen molar-refractivity contribution in [3.63, 3.8) is 0 Å². The largest absolute Gasteiger partial charge is 0.395 e. The van der Waals surface area contributed by atoms with Crippen LogP contribution in [0.5, 0.6) is 0 Å². The molecule has 0 aliphatic rings. The van der Waals surface area contributed by atoms with E-state index in [1.165, 1.54) is 0 Å². The standard InChI is InChI=1S/C16H22ClN3O.ClH/c1-12(3-2-7-18-9-10-21)20-15-6-8-19-16-11-13(17)4-5-14(15)16;/h4-6,8,11-12,18,21H,2-3,7,9-10H2,1H3,(H,19,20);1H. The molecule has 0 aliphatic heterocycles. The van der Waals surface area contributed by atoms with E-state index >= 15 is 0 Å². The number of benzene rings is 1. The Morgan fingerprint density at radius 3 is 2.86 bits per heavy atom. The summed E-state index contributed by atoms with van der Waals surface area (Å²) in [4.78, 5) is 4.35. The number of aliphatic hydroxyl groups is 1. The molecule has 1 atom stereocenters. The van der Waals surface area contributed by atoms with E-state index in [1.807, 2.05) is 24.3 Å². The lowest BCUT2D eigenvalue weighted by molar-refractivity contribution is 0.292. The molecule has 0 amide bonds. The first-order valence-electron chi connectivity index (χ1n) is 7.33. The molecule has 122 valence electrons. The first-order valence-corrected chi connectivity index (χ1v) is 7.71. The second-order valence-corrected chi connectivity index (χ2v) is 5.62. The lowest BCUT2D eigenvalue weighted by Crippen LogP contribution is -2.22. The molecule has 22 heavy (non-hydrogen) atoms. The van der Waals surface area contributed by atoms with Gasteiger partial charge in [-0.2, -0.15) is 0 Å². The maximum atomic E-state index is 8.70. The second-order valence-electron chi connectivity index (χ2n) is 5.18. The lowest BCUT2D eigenvalue weighted by atomic mass is 10.1. The SMILES string of the molecule is CC(CCCNCCO)Nc1ccnc2cc(Cl)ccc12.Cl. The lowest BCUT2D eigenvalue weighted by Gasteiger charge is -2.17. The highest BCUT2D eigenvalue weighted by molar-refractivity contribution is 6.31. The van der Waals surface area contributed by atoms with Crippen molar-refractivity contribution in [2.75, 3.05) is 25.0 Å². The number of pyridine rings is 1. The zero-order valence-electron chi connectivity index (χ0n) is 12.7. The highest BCUT2D eigenvalue weighted by atomic mass is 35.5. The summed E-state index contributed by atoms with van der Waals surface area (Å²) in [7, 11) is 0. The van der Waals surface area contributed by atoms with Gasteiger partial charge in [0.25, 0.3) is 0 Å². The minimum atomic E-state index is 0. The number of halogens is 2. The molecule has 6 heteroatoms. The number of fused-ring (bicyclic) bond motifs is 1. The van der Waals surface area contributed by atoms with Crippen molar-refractivity contribution in [3.8, 4) is 0 Å². The van der Waals surface area contributed by atoms with E-state index in [2.05, 4.69) is 22.5 Å². The van der Waals surface area contributed by atoms with E-state index in [-0.39, 0.29) is 19.0 Å². The Hall–Kier alpha value is -1.07. The van der Waals surface area contributed by atoms with Gasteiger partial charge in [0, 0.05) is 34.9 Å². The summed E-state index contributed by atoms with van der Waals surface area (Å²) in [5.74, 6) is 0. The van der Waals surface area contributed by atoms with Gasteiger partial charge in [0.1, 0.15) is 0 Å². The Kier molecular flexibility index (Phi) is 8.49. The minimum absolute atomic E-state index is 0. The molecule has 0 bridgehead atoms. The van der Waals surface area contributed by atoms with Crippen LogP contribution in [0.15, 0.2) is 30.5 Å². The summed E-state index contributed by atoms with van der Waals surface area (Å²) in [6.45, 7) is 3.96. The fraction of sp³-hybridized carbons (Fsp3) is 0.438. The van der Waals surface area contributed by atoms with Crippen LogP contribution in [0.1, 0.15) is 19.8 Å². The summed E-state index contributed by atoms with van der Waals surface area (Å²) >= 11 is 6.00. The zero-order valence-corrected chi connectivity index (χ0v) is 14.3. The maximum Gasteiger partial charge on any atom is 0.0737 e. The first-order chi connectivity index (χ1) is 10.2. The summed E-state index contributed by atoms with van der Waals surface area (Å²) in [6, 6.07) is 8.15. The van der Waals surface area contributed by atoms with Crippen LogP contribution in [-0.4, -0.2) is 35.8 Å². The quantitative estimate of drug-likeness (QED) is 0.642. The van der Waals surface area contributed by atoms with Gasteiger partial charge in [0.05, 0.1) is 12.1 Å². The van der Waals surface area contributed by atoms with Crippen LogP contribution in [0.2, 0.25) is 5.02 Å². The number of nitrogens with zero attached hydrogens (tertiary/aromatic N) is 1. The molecule has 1 aromatic carbocycles. The van der Waals surface area contributed by atoms with Crippen molar-refractivity contribution < 1.29 is 5.11 Å². The minimum Gasteiger partial charge on any atom is -0.395 e. The van der Waals surface area contributed by atoms with Crippen LogP contribution < -0.4 is 10.6 Å². The third kappa shape index (κ3) is 5.61. The Bertz CT molecular complexity index is 580. The molecule has 1 unspecified atom stereocenters. The van der Waals surface area contributed by atoms with Crippen LogP contribution in [0.25, 0.3) is 10.9 Å². The third-order valence-electron chi connectivity index (χ3n) is 3.39. The van der Waals surface area contributed by atoms with Crippen molar-refractivity contribution in [1.82, 2.24) is 10.3 Å². The number of nitrogens with one attached hydrogen (secondary N) is 2. The van der Waals surface area contributed by atoms with Gasteiger partial charge in [0.2, 0.25) is 0 Å². The van der Waals surface area contributed by atoms with Gasteiger partial charge >= 0.3 is 0 Å². The molecule has 4 nitrogen and oxygen atoms in total. The van der Waals surface area contributed by atoms with Crippen molar-refractivity contribution in [2.24, 2.45) is 0 Å². The molecular formula is C16H23Cl2N3O. The predicted molar refractivity (Wildman–Crippen MR) is 96.3 cm³/mol. The summed E-state index contributed by atoms with van der Waals surface area (Å²) in [5.41, 5.74) is 2.00. The zero-order chi connectivity index (χ0) is 15.1. The molecule has 0 spiro atoms. The van der Waals surface area contributed by atoms with Crippen LogP contribution in [0.4, 0.5) is 5.69 Å². The molecule has 0 radical (unpaired) electrons. The van der Waals surface area contributed by atoms with E-state index in [0.29, 0.717) is 17.6 Å². The van der Waals surface area contributed by atoms with Crippen molar-refractivity contribution in [3.05, 3.63) is 35.5 Å². The first kappa shape index (κ1) is 19.0. The van der Waals surface area contributed by atoms with E-state index in [1.54, 1.807) is 6.20 Å². The Balaban J connectivity index is 0.00000242. The average Bonchev–Trinajstić information content (AvgIpc) is 2.47. The molecule has 2 aromatic rings. The topological polar surface area (TPSA) is 57.2 Å². The van der Waals surface area contributed by atoms with Gasteiger partial charge in [-0.1, -0.05) is 11.6 Å². The number of hydrogen-bond acceptors (Lipinski definition) is 4. The smallest absolute Gasteiger partial charge is 0.0737 e. The molecule has 2 rings (SSSR count). The molecule has 0 saturated heterocycles. The highest BCUT2D eigenvalue weighted by Crippen LogP contribution is 2.25. The molecule has 1 aromatic heterocycles. The Morgan fingerprint density at radius 2 is 2.09 bits per heavy atom. The van der Waals surface area contributed by atoms with E-state index < -0.39 is 0 Å². The van der Waals surface area contributed by atoms with Gasteiger partial charge in [0.15, 0.2) is 0 Å². The number of hydrogen-bond donors (Lipinski definition) is 3. The number of aliphatic hydroxyl groups excluding tert-OH is 1. The van der Waals surface area contributed by atoms with Gasteiger partial charge in [-0.25, -0.2) is 0 Å². The van der Waals surface area contributed by atoms with Crippen molar-refractivity contribution in [1.29, 1.82) is 0 Å². The average molecular weight is 344 g/mol. The fourth-order valence-electron chi connectivity index (χ4n) is 2.32. The molecule has 0 saturated carbocycles. The van der Waals surface area contributed by atoms with Crippen molar-refractivity contribution >= 4 is 40.6 Å². The van der Waals surface area contributed by atoms with Crippen molar-refractivity contribution in [2.45, 2.75) is 25.8 Å².